The number of ether oxygens (including phenoxy) is 1. The molecule has 0 radical (unpaired) electrons. The number of halogens is 1. The zero-order valence-corrected chi connectivity index (χ0v) is 11.6. The molecule has 1 N–H and O–H groups in total. The van der Waals surface area contributed by atoms with Gasteiger partial charge in [-0.3, -0.25) is 4.79 Å². The van der Waals surface area contributed by atoms with E-state index < -0.39 is 6.10 Å². The second-order valence-corrected chi connectivity index (χ2v) is 4.92. The third-order valence-electron chi connectivity index (χ3n) is 3.56. The fraction of sp³-hybridized carbons (Fsp3) is 0.500. The predicted octanol–water partition coefficient (Wildman–Crippen LogP) is 1.96. The van der Waals surface area contributed by atoms with Gasteiger partial charge in [-0.2, -0.15) is 0 Å². The second kappa shape index (κ2) is 6.26. The number of rotatable bonds is 4. The highest BCUT2D eigenvalue weighted by Gasteiger charge is 2.34. The van der Waals surface area contributed by atoms with Crippen molar-refractivity contribution >= 4 is 17.5 Å². The number of aliphatic hydroxyl groups is 1. The molecule has 1 heterocycles. The summed E-state index contributed by atoms with van der Waals surface area (Å²) in [5.41, 5.74) is 0.792. The van der Waals surface area contributed by atoms with E-state index >= 15 is 0 Å². The Hall–Kier alpha value is -1.26. The van der Waals surface area contributed by atoms with Crippen LogP contribution < -0.4 is 4.74 Å². The van der Waals surface area contributed by atoms with E-state index in [1.807, 2.05) is 12.1 Å². The molecule has 5 heteroatoms. The lowest BCUT2D eigenvalue weighted by molar-refractivity contribution is -0.131. The van der Waals surface area contributed by atoms with E-state index in [0.717, 1.165) is 24.2 Å². The average Bonchev–Trinajstić information content (AvgIpc) is 2.95. The molecule has 2 atom stereocenters. The molecule has 0 aliphatic carbocycles. The number of likely N-dealkylation sites (tertiary alicyclic amines) is 1. The highest BCUT2D eigenvalue weighted by molar-refractivity contribution is 6.27. The molecule has 1 fully saturated rings. The van der Waals surface area contributed by atoms with Crippen molar-refractivity contribution in [2.75, 3.05) is 19.5 Å². The smallest absolute Gasteiger partial charge is 0.237 e. The van der Waals surface area contributed by atoms with Gasteiger partial charge in [0.15, 0.2) is 0 Å². The van der Waals surface area contributed by atoms with E-state index in [4.69, 9.17) is 16.3 Å². The molecule has 1 aliphatic rings. The lowest BCUT2D eigenvalue weighted by Crippen LogP contribution is -2.39. The van der Waals surface area contributed by atoms with Crippen LogP contribution in [-0.4, -0.2) is 41.5 Å². The first-order valence-electron chi connectivity index (χ1n) is 6.35. The van der Waals surface area contributed by atoms with E-state index in [1.54, 1.807) is 24.1 Å². The van der Waals surface area contributed by atoms with Gasteiger partial charge in [-0.25, -0.2) is 0 Å². The molecule has 0 aromatic heterocycles. The van der Waals surface area contributed by atoms with Crippen LogP contribution in [0.1, 0.15) is 24.5 Å². The summed E-state index contributed by atoms with van der Waals surface area (Å²) >= 11 is 5.60. The largest absolute Gasteiger partial charge is 0.497 e. The Morgan fingerprint density at radius 2 is 2.21 bits per heavy atom. The van der Waals surface area contributed by atoms with E-state index in [-0.39, 0.29) is 17.8 Å². The van der Waals surface area contributed by atoms with Gasteiger partial charge in [-0.05, 0) is 30.5 Å². The van der Waals surface area contributed by atoms with Crippen molar-refractivity contribution in [3.05, 3.63) is 29.8 Å². The molecule has 2 unspecified atom stereocenters. The van der Waals surface area contributed by atoms with Crippen molar-refractivity contribution in [1.82, 2.24) is 4.90 Å². The Morgan fingerprint density at radius 3 is 2.79 bits per heavy atom. The van der Waals surface area contributed by atoms with Crippen molar-refractivity contribution in [2.45, 2.75) is 25.0 Å². The Morgan fingerprint density at radius 1 is 1.53 bits per heavy atom. The number of carbonyl (C=O) groups is 1. The van der Waals surface area contributed by atoms with Crippen molar-refractivity contribution < 1.29 is 14.6 Å². The number of nitrogens with zero attached hydrogens (tertiary/aromatic N) is 1. The number of hydrogen-bond acceptors (Lipinski definition) is 3. The summed E-state index contributed by atoms with van der Waals surface area (Å²) in [6.45, 7) is 0.670. The molecule has 0 saturated carbocycles. The maximum absolute atomic E-state index is 11.7. The van der Waals surface area contributed by atoms with Gasteiger partial charge in [0.25, 0.3) is 0 Å². The maximum Gasteiger partial charge on any atom is 0.237 e. The summed E-state index contributed by atoms with van der Waals surface area (Å²) in [6, 6.07) is 7.08. The van der Waals surface area contributed by atoms with Crippen molar-refractivity contribution in [3.63, 3.8) is 0 Å². The minimum Gasteiger partial charge on any atom is -0.497 e. The molecule has 1 aliphatic heterocycles. The zero-order chi connectivity index (χ0) is 13.8. The van der Waals surface area contributed by atoms with E-state index in [0.29, 0.717) is 6.54 Å². The molecule has 1 amide bonds. The number of methoxy groups -OCH3 is 1. The summed E-state index contributed by atoms with van der Waals surface area (Å²) in [5, 5.41) is 10.4. The van der Waals surface area contributed by atoms with Crippen molar-refractivity contribution in [2.24, 2.45) is 0 Å². The van der Waals surface area contributed by atoms with Crippen LogP contribution in [0.5, 0.6) is 5.75 Å². The van der Waals surface area contributed by atoms with E-state index in [9.17, 15) is 9.90 Å². The van der Waals surface area contributed by atoms with Crippen LogP contribution >= 0.6 is 11.6 Å². The first-order chi connectivity index (χ1) is 9.17. The third-order valence-corrected chi connectivity index (χ3v) is 3.78. The first-order valence-corrected chi connectivity index (χ1v) is 6.88. The molecule has 0 spiro atoms. The highest BCUT2D eigenvalue weighted by atomic mass is 35.5. The average molecular weight is 284 g/mol. The van der Waals surface area contributed by atoms with Gasteiger partial charge in [-0.1, -0.05) is 12.1 Å². The second-order valence-electron chi connectivity index (χ2n) is 4.65. The van der Waals surface area contributed by atoms with Gasteiger partial charge in [-0.15, -0.1) is 11.6 Å². The van der Waals surface area contributed by atoms with Crippen LogP contribution in [0.2, 0.25) is 0 Å². The summed E-state index contributed by atoms with van der Waals surface area (Å²) in [4.78, 5) is 13.4. The monoisotopic (exact) mass is 283 g/mol. The zero-order valence-electron chi connectivity index (χ0n) is 10.9. The summed E-state index contributed by atoms with van der Waals surface area (Å²) in [7, 11) is 1.60. The van der Waals surface area contributed by atoms with E-state index in [1.165, 1.54) is 0 Å². The third kappa shape index (κ3) is 3.01. The molecule has 0 bridgehead atoms. The van der Waals surface area contributed by atoms with Crippen molar-refractivity contribution in [3.8, 4) is 5.75 Å². The standard InChI is InChI=1S/C14H18ClNO3/c1-19-11-6-4-10(5-7-11)14(18)12-3-2-8-16(12)13(17)9-15/h4-7,12,14,18H,2-3,8-9H2,1H3. The Bertz CT molecular complexity index is 435. The van der Waals surface area contributed by atoms with Gasteiger partial charge < -0.3 is 14.7 Å². The minimum absolute atomic E-state index is 0.0359. The summed E-state index contributed by atoms with van der Waals surface area (Å²) in [6.07, 6.45) is 1.02. The van der Waals surface area contributed by atoms with Crippen LogP contribution in [0, 0.1) is 0 Å². The number of aliphatic hydroxyl groups excluding tert-OH is 1. The highest BCUT2D eigenvalue weighted by Crippen LogP contribution is 2.30. The Labute approximate surface area is 117 Å². The van der Waals surface area contributed by atoms with Crippen LogP contribution in [-0.2, 0) is 4.79 Å². The minimum atomic E-state index is -0.680. The van der Waals surface area contributed by atoms with Crippen LogP contribution in [0.15, 0.2) is 24.3 Å². The fourth-order valence-electron chi connectivity index (χ4n) is 2.53. The van der Waals surface area contributed by atoms with Gasteiger partial charge in [0.2, 0.25) is 5.91 Å². The number of hydrogen-bond donors (Lipinski definition) is 1. The molecule has 1 aromatic rings. The van der Waals surface area contributed by atoms with Crippen LogP contribution in [0.4, 0.5) is 0 Å². The molecular weight excluding hydrogens is 266 g/mol. The molecular formula is C14H18ClNO3. The van der Waals surface area contributed by atoms with Crippen molar-refractivity contribution in [1.29, 1.82) is 0 Å². The van der Waals surface area contributed by atoms with Gasteiger partial charge in [0.1, 0.15) is 11.6 Å². The fourth-order valence-corrected chi connectivity index (χ4v) is 2.68. The molecule has 2 rings (SSSR count). The lowest BCUT2D eigenvalue weighted by Gasteiger charge is -2.28. The SMILES string of the molecule is COc1ccc(C(O)C2CCCN2C(=O)CCl)cc1. The quantitative estimate of drug-likeness (QED) is 0.860. The summed E-state index contributed by atoms with van der Waals surface area (Å²) in [5.74, 6) is 0.596. The number of amides is 1. The topological polar surface area (TPSA) is 49.8 Å². The van der Waals surface area contributed by atoms with Gasteiger partial charge >= 0.3 is 0 Å². The van der Waals surface area contributed by atoms with Crippen LogP contribution in [0.3, 0.4) is 0 Å². The van der Waals surface area contributed by atoms with Gasteiger partial charge in [0.05, 0.1) is 19.3 Å². The van der Waals surface area contributed by atoms with E-state index in [2.05, 4.69) is 0 Å². The summed E-state index contributed by atoms with van der Waals surface area (Å²) < 4.78 is 5.09. The Kier molecular flexibility index (Phi) is 4.66. The number of alkyl halides is 1. The molecule has 19 heavy (non-hydrogen) atoms. The molecule has 1 saturated heterocycles. The molecule has 104 valence electrons. The molecule has 4 nitrogen and oxygen atoms in total. The maximum atomic E-state index is 11.7. The van der Waals surface area contributed by atoms with Crippen LogP contribution in [0.25, 0.3) is 0 Å². The molecule has 1 aromatic carbocycles. The Balaban J connectivity index is 2.13. The van der Waals surface area contributed by atoms with Gasteiger partial charge in [0, 0.05) is 6.54 Å². The number of carbonyl (C=O) groups excluding carboxylic acids is 1. The number of benzene rings is 1. The normalized spacial score (nSPS) is 20.4. The predicted molar refractivity (Wildman–Crippen MR) is 73.4 cm³/mol. The lowest BCUT2D eigenvalue weighted by atomic mass is 10.00. The first kappa shape index (κ1) is 14.2.